The van der Waals surface area contributed by atoms with Crippen LogP contribution < -0.4 is 5.32 Å². The summed E-state index contributed by atoms with van der Waals surface area (Å²) >= 11 is 0. The molecule has 0 aliphatic carbocycles. The van der Waals surface area contributed by atoms with Gasteiger partial charge in [-0.3, -0.25) is 9.78 Å². The summed E-state index contributed by atoms with van der Waals surface area (Å²) in [4.78, 5) is 29.1. The van der Waals surface area contributed by atoms with Crippen molar-refractivity contribution in [3.8, 4) is 5.75 Å². The summed E-state index contributed by atoms with van der Waals surface area (Å²) in [5, 5.41) is 31.5. The summed E-state index contributed by atoms with van der Waals surface area (Å²) in [7, 11) is 0. The number of phenolic OH excluding ortho intramolecular Hbond substituents is 1. The minimum Gasteiger partial charge on any atom is -0.507 e. The van der Waals surface area contributed by atoms with Gasteiger partial charge in [-0.2, -0.15) is 0 Å². The molecule has 6 aromatic carbocycles. The quantitative estimate of drug-likeness (QED) is 0.169. The highest BCUT2D eigenvalue weighted by Gasteiger charge is 2.15. The number of nitrogens with one attached hydrogen (secondary N) is 1. The van der Waals surface area contributed by atoms with Gasteiger partial charge in [0.2, 0.25) is 0 Å². The standard InChI is InChI=1S/C33H20N2O4/c36-30-16-20-5-6-23(33(38)39)12-24(20)15-29(30)32(37)35-25-13-22-8-9-26-27(31(22)34-17-25)10-7-21-11-18-3-1-2-4-19(18)14-28(21)26/h1-17,36H,(H,35,37)(H,38,39). The predicted molar refractivity (Wildman–Crippen MR) is 155 cm³/mol. The second-order valence-corrected chi connectivity index (χ2v) is 9.63. The Morgan fingerprint density at radius 3 is 2.18 bits per heavy atom. The average Bonchev–Trinajstić information content (AvgIpc) is 2.94. The summed E-state index contributed by atoms with van der Waals surface area (Å²) in [5.74, 6) is -1.77. The van der Waals surface area contributed by atoms with Crippen LogP contribution in [0.15, 0.2) is 103 Å². The summed E-state index contributed by atoms with van der Waals surface area (Å²) < 4.78 is 0. The summed E-state index contributed by atoms with van der Waals surface area (Å²) in [6.07, 6.45) is 1.60. The predicted octanol–water partition coefficient (Wildman–Crippen LogP) is 7.50. The first kappa shape index (κ1) is 22.7. The zero-order valence-electron chi connectivity index (χ0n) is 20.5. The lowest BCUT2D eigenvalue weighted by Crippen LogP contribution is -2.12. The van der Waals surface area contributed by atoms with Gasteiger partial charge >= 0.3 is 5.97 Å². The Kier molecular flexibility index (Phi) is 4.96. The number of carbonyl (C=O) groups excluding carboxylic acids is 1. The number of carbonyl (C=O) groups is 2. The Morgan fingerprint density at radius 1 is 0.641 bits per heavy atom. The van der Waals surface area contributed by atoms with E-state index in [2.05, 4.69) is 52.8 Å². The molecule has 39 heavy (non-hydrogen) atoms. The van der Waals surface area contributed by atoms with Crippen molar-refractivity contribution in [3.63, 3.8) is 0 Å². The van der Waals surface area contributed by atoms with E-state index in [4.69, 9.17) is 0 Å². The maximum Gasteiger partial charge on any atom is 0.335 e. The lowest BCUT2D eigenvalue weighted by Gasteiger charge is -2.11. The number of aromatic nitrogens is 1. The maximum absolute atomic E-state index is 13.1. The first-order chi connectivity index (χ1) is 18.9. The van der Waals surface area contributed by atoms with Gasteiger partial charge in [0.15, 0.2) is 0 Å². The van der Waals surface area contributed by atoms with Gasteiger partial charge in [0, 0.05) is 10.8 Å². The molecule has 6 nitrogen and oxygen atoms in total. The number of rotatable bonds is 3. The Hall–Kier alpha value is -5.49. The van der Waals surface area contributed by atoms with Crippen molar-refractivity contribution in [2.75, 3.05) is 5.32 Å². The molecule has 0 unspecified atom stereocenters. The molecule has 1 amide bonds. The maximum atomic E-state index is 13.1. The Morgan fingerprint density at radius 2 is 1.36 bits per heavy atom. The molecule has 6 heteroatoms. The minimum absolute atomic E-state index is 0.0438. The van der Waals surface area contributed by atoms with Crippen LogP contribution in [0.25, 0.3) is 54.0 Å². The van der Waals surface area contributed by atoms with Gasteiger partial charge in [-0.25, -0.2) is 4.79 Å². The van der Waals surface area contributed by atoms with E-state index >= 15 is 0 Å². The third-order valence-corrected chi connectivity index (χ3v) is 7.23. The number of pyridine rings is 1. The second-order valence-electron chi connectivity index (χ2n) is 9.63. The van der Waals surface area contributed by atoms with Crippen molar-refractivity contribution in [1.29, 1.82) is 0 Å². The van der Waals surface area contributed by atoms with Gasteiger partial charge in [0.1, 0.15) is 5.75 Å². The molecular formula is C33H20N2O4. The van der Waals surface area contributed by atoms with Crippen molar-refractivity contribution in [2.24, 2.45) is 0 Å². The molecule has 0 aliphatic rings. The lowest BCUT2D eigenvalue weighted by atomic mass is 9.97. The van der Waals surface area contributed by atoms with Gasteiger partial charge in [-0.05, 0) is 80.2 Å². The SMILES string of the molecule is O=C(O)c1ccc2cc(O)c(C(=O)Nc3cnc4c(ccc5c6cc7ccccc7cc6ccc54)c3)cc2c1. The summed E-state index contributed by atoms with van der Waals surface area (Å²) in [6.45, 7) is 0. The number of carboxylic acids is 1. The van der Waals surface area contributed by atoms with Crippen LogP contribution in [0.5, 0.6) is 5.75 Å². The van der Waals surface area contributed by atoms with Crippen LogP contribution in [0.1, 0.15) is 20.7 Å². The van der Waals surface area contributed by atoms with Crippen LogP contribution in [0, 0.1) is 0 Å². The van der Waals surface area contributed by atoms with Crippen molar-refractivity contribution in [2.45, 2.75) is 0 Å². The summed E-state index contributed by atoms with van der Waals surface area (Å²) in [6, 6.07) is 30.3. The first-order valence-electron chi connectivity index (χ1n) is 12.4. The van der Waals surface area contributed by atoms with Crippen LogP contribution in [-0.4, -0.2) is 27.1 Å². The Balaban J connectivity index is 1.26. The number of aromatic hydroxyl groups is 1. The van der Waals surface area contributed by atoms with Gasteiger partial charge in [-0.1, -0.05) is 54.6 Å². The molecule has 186 valence electrons. The number of fused-ring (bicyclic) bond motifs is 7. The molecule has 1 heterocycles. The van der Waals surface area contributed by atoms with E-state index in [-0.39, 0.29) is 16.9 Å². The molecule has 7 aromatic rings. The van der Waals surface area contributed by atoms with Crippen molar-refractivity contribution >= 4 is 71.6 Å². The monoisotopic (exact) mass is 508 g/mol. The fourth-order valence-electron chi connectivity index (χ4n) is 5.30. The molecule has 0 radical (unpaired) electrons. The molecule has 3 N–H and O–H groups in total. The van der Waals surface area contributed by atoms with Crippen molar-refractivity contribution < 1.29 is 19.8 Å². The largest absolute Gasteiger partial charge is 0.507 e. The molecule has 7 rings (SSSR count). The van der Waals surface area contributed by atoms with E-state index in [9.17, 15) is 19.8 Å². The van der Waals surface area contributed by atoms with Crippen LogP contribution in [0.3, 0.4) is 0 Å². The normalized spacial score (nSPS) is 11.5. The number of hydrogen-bond donors (Lipinski definition) is 3. The number of hydrogen-bond acceptors (Lipinski definition) is 4. The van der Waals surface area contributed by atoms with E-state index in [0.717, 1.165) is 32.4 Å². The zero-order chi connectivity index (χ0) is 26.7. The highest BCUT2D eigenvalue weighted by atomic mass is 16.4. The lowest BCUT2D eigenvalue weighted by molar-refractivity contribution is 0.0697. The van der Waals surface area contributed by atoms with E-state index in [1.54, 1.807) is 12.3 Å². The average molecular weight is 509 g/mol. The third-order valence-electron chi connectivity index (χ3n) is 7.23. The highest BCUT2D eigenvalue weighted by molar-refractivity contribution is 6.19. The molecule has 0 spiro atoms. The van der Waals surface area contributed by atoms with E-state index < -0.39 is 11.9 Å². The molecular weight excluding hydrogens is 488 g/mol. The molecule has 1 aromatic heterocycles. The number of carboxylic acid groups (broad SMARTS) is 1. The van der Waals surface area contributed by atoms with E-state index in [1.165, 1.54) is 35.0 Å². The minimum atomic E-state index is -1.06. The second kappa shape index (κ2) is 8.53. The van der Waals surface area contributed by atoms with Gasteiger partial charge in [0.05, 0.1) is 28.5 Å². The zero-order valence-corrected chi connectivity index (χ0v) is 20.5. The summed E-state index contributed by atoms with van der Waals surface area (Å²) in [5.41, 5.74) is 1.46. The Bertz CT molecular complexity index is 2170. The van der Waals surface area contributed by atoms with E-state index in [1.807, 2.05) is 24.3 Å². The van der Waals surface area contributed by atoms with Crippen LogP contribution in [0.2, 0.25) is 0 Å². The van der Waals surface area contributed by atoms with Crippen LogP contribution >= 0.6 is 0 Å². The van der Waals surface area contributed by atoms with Crippen molar-refractivity contribution in [3.05, 3.63) is 114 Å². The van der Waals surface area contributed by atoms with Gasteiger partial charge in [0.25, 0.3) is 5.91 Å². The number of anilines is 1. The van der Waals surface area contributed by atoms with E-state index in [0.29, 0.717) is 16.5 Å². The van der Waals surface area contributed by atoms with Gasteiger partial charge in [-0.15, -0.1) is 0 Å². The van der Waals surface area contributed by atoms with Gasteiger partial charge < -0.3 is 15.5 Å². The Labute approximate surface area is 221 Å². The number of phenols is 1. The number of benzene rings is 6. The van der Waals surface area contributed by atoms with Crippen molar-refractivity contribution in [1.82, 2.24) is 4.98 Å². The molecule has 0 saturated carbocycles. The first-order valence-corrected chi connectivity index (χ1v) is 12.4. The molecule has 0 fully saturated rings. The molecule has 0 bridgehead atoms. The molecule has 0 saturated heterocycles. The molecule has 0 atom stereocenters. The number of nitrogens with zero attached hydrogens (tertiary/aromatic N) is 1. The fourth-order valence-corrected chi connectivity index (χ4v) is 5.30. The number of aromatic carboxylic acids is 1. The topological polar surface area (TPSA) is 99.5 Å². The van der Waals surface area contributed by atoms with Crippen LogP contribution in [0.4, 0.5) is 5.69 Å². The van der Waals surface area contributed by atoms with Crippen LogP contribution in [-0.2, 0) is 0 Å². The smallest absolute Gasteiger partial charge is 0.335 e. The number of amides is 1. The third kappa shape index (κ3) is 3.78. The fraction of sp³-hybridized carbons (Fsp3) is 0. The molecule has 0 aliphatic heterocycles. The highest BCUT2D eigenvalue weighted by Crippen LogP contribution is 2.34.